The summed E-state index contributed by atoms with van der Waals surface area (Å²) in [5.41, 5.74) is 0. The molecule has 0 aliphatic carbocycles. The summed E-state index contributed by atoms with van der Waals surface area (Å²) in [5, 5.41) is 50.0. The Kier molecular flexibility index (Phi) is 1010. The minimum absolute atomic E-state index is 0. The molecule has 17 heavy (non-hydrogen) atoms. The molecule has 0 radical (unpaired) electrons. The molecule has 0 aromatic carbocycles. The van der Waals surface area contributed by atoms with Gasteiger partial charge in [0.05, 0.1) is 0 Å². The molecular formula is C8N8Zr-8. The molecule has 0 bridgehead atoms. The average molecular weight is 299 g/mol. The number of nitrogens with zero attached hydrogens (tertiary/aromatic N) is 8. The first-order chi connectivity index (χ1) is 8.00. The van der Waals surface area contributed by atoms with Gasteiger partial charge in [0.1, 0.15) is 0 Å². The van der Waals surface area contributed by atoms with Gasteiger partial charge in [-0.2, -0.15) is 0 Å². The van der Waals surface area contributed by atoms with Gasteiger partial charge in [-0.3, -0.25) is 0 Å². The molecule has 0 spiro atoms. The summed E-state index contributed by atoms with van der Waals surface area (Å²) in [4.78, 5) is 0. The summed E-state index contributed by atoms with van der Waals surface area (Å²) in [6.07, 6.45) is 0. The summed E-state index contributed by atoms with van der Waals surface area (Å²) in [5.74, 6) is 0. The van der Waals surface area contributed by atoms with Crippen LogP contribution in [0.1, 0.15) is 0 Å². The summed E-state index contributed by atoms with van der Waals surface area (Å²) in [7, 11) is 0. The molecule has 0 heterocycles. The Morgan fingerprint density at radius 1 is 0.235 bits per heavy atom. The van der Waals surface area contributed by atoms with Crippen molar-refractivity contribution in [2.45, 2.75) is 0 Å². The van der Waals surface area contributed by atoms with Gasteiger partial charge in [0.15, 0.2) is 0 Å². The van der Waals surface area contributed by atoms with Crippen molar-refractivity contribution < 1.29 is 26.2 Å². The van der Waals surface area contributed by atoms with Crippen molar-refractivity contribution in [1.29, 1.82) is 42.1 Å². The molecule has 0 saturated carbocycles. The van der Waals surface area contributed by atoms with Crippen LogP contribution in [-0.2, 0) is 26.2 Å². The summed E-state index contributed by atoms with van der Waals surface area (Å²) in [6.45, 7) is 38.0. The zero-order valence-electron chi connectivity index (χ0n) is 8.08. The zero-order valence-corrected chi connectivity index (χ0v) is 10.5. The molecule has 0 atom stereocenters. The fraction of sp³-hybridized carbons (Fsp3) is 0. The zero-order chi connectivity index (χ0) is 16.0. The second-order valence-electron chi connectivity index (χ2n) is 0. The van der Waals surface area contributed by atoms with E-state index < -0.39 is 0 Å². The Morgan fingerprint density at radius 2 is 0.235 bits per heavy atom. The minimum atomic E-state index is 0. The molecule has 84 valence electrons. The smallest absolute Gasteiger partial charge is 0 e. The van der Waals surface area contributed by atoms with Crippen molar-refractivity contribution in [3.63, 3.8) is 0 Å². The van der Waals surface area contributed by atoms with E-state index in [2.05, 4.69) is 0 Å². The van der Waals surface area contributed by atoms with Crippen LogP contribution in [0.5, 0.6) is 0 Å². The van der Waals surface area contributed by atoms with Crippen molar-refractivity contribution in [3.05, 3.63) is 52.6 Å². The van der Waals surface area contributed by atoms with E-state index in [1.807, 2.05) is 0 Å². The molecule has 9 heteroatoms. The van der Waals surface area contributed by atoms with Crippen molar-refractivity contribution >= 4 is 0 Å². The molecule has 8 nitrogen and oxygen atoms in total. The molecule has 0 N–H and O–H groups in total. The largest absolute Gasteiger partial charge is 0.512 e. The third-order valence-corrected chi connectivity index (χ3v) is 0. The Bertz CT molecular complexity index is 132. The first-order valence-electron chi connectivity index (χ1n) is 1.79. The molecule has 0 amide bonds. The summed E-state index contributed by atoms with van der Waals surface area (Å²) < 4.78 is 0. The normalized spacial score (nSPS) is 0.941. The van der Waals surface area contributed by atoms with Crippen molar-refractivity contribution in [3.8, 4) is 0 Å². The Balaban J connectivity index is -0.00000000610. The van der Waals surface area contributed by atoms with E-state index in [9.17, 15) is 0 Å². The van der Waals surface area contributed by atoms with Crippen molar-refractivity contribution in [1.82, 2.24) is 0 Å². The molecule has 0 aromatic heterocycles. The average Bonchev–Trinajstić information content (AvgIpc) is 2.54. The maximum Gasteiger partial charge on any atom is 0 e. The Hall–Kier alpha value is -3.20. The van der Waals surface area contributed by atoms with Crippen LogP contribution in [0.4, 0.5) is 0 Å². The van der Waals surface area contributed by atoms with Crippen LogP contribution < -0.4 is 0 Å². The monoisotopic (exact) mass is 298 g/mol. The van der Waals surface area contributed by atoms with E-state index >= 15 is 0 Å². The van der Waals surface area contributed by atoms with Crippen molar-refractivity contribution in [2.75, 3.05) is 0 Å². The van der Waals surface area contributed by atoms with E-state index in [0.717, 1.165) is 0 Å². The van der Waals surface area contributed by atoms with Gasteiger partial charge in [0.25, 0.3) is 0 Å². The van der Waals surface area contributed by atoms with Gasteiger partial charge in [-0.15, -0.1) is 0 Å². The van der Waals surface area contributed by atoms with Gasteiger partial charge < -0.3 is 94.7 Å². The van der Waals surface area contributed by atoms with Crippen LogP contribution in [0, 0.1) is 94.7 Å². The standard InChI is InChI=1S/8CN.Zr/c8*1-2;/q8*-1;. The van der Waals surface area contributed by atoms with Crippen LogP contribution in [0.25, 0.3) is 0 Å². The van der Waals surface area contributed by atoms with E-state index in [-0.39, 0.29) is 26.2 Å². The molecule has 0 unspecified atom stereocenters. The van der Waals surface area contributed by atoms with Crippen LogP contribution >= 0.6 is 0 Å². The molecule has 0 aromatic rings. The summed E-state index contributed by atoms with van der Waals surface area (Å²) >= 11 is 0. The SMILES string of the molecule is [C-]#N.[C-]#N.[C-]#N.[C-]#N.[C-]#N.[C-]#N.[C-]#N.[C-]#N.[Zr]. The topological polar surface area (TPSA) is 190 Å². The van der Waals surface area contributed by atoms with Gasteiger partial charge in [-0.1, -0.05) is 0 Å². The second kappa shape index (κ2) is 175. The van der Waals surface area contributed by atoms with E-state index in [0.29, 0.717) is 0 Å². The third kappa shape index (κ3) is 146. The molecule has 0 aliphatic rings. The first-order valence-corrected chi connectivity index (χ1v) is 1.79. The quantitative estimate of drug-likeness (QED) is 0.585. The third-order valence-electron chi connectivity index (χ3n) is 0. The van der Waals surface area contributed by atoms with Gasteiger partial charge in [0.2, 0.25) is 0 Å². The van der Waals surface area contributed by atoms with Gasteiger partial charge >= 0.3 is 0 Å². The molecule has 0 saturated heterocycles. The van der Waals surface area contributed by atoms with E-state index in [1.54, 1.807) is 0 Å². The van der Waals surface area contributed by atoms with Crippen LogP contribution in [-0.4, -0.2) is 0 Å². The fourth-order valence-electron chi connectivity index (χ4n) is 0. The maximum absolute atomic E-state index is 6.25. The van der Waals surface area contributed by atoms with E-state index in [1.165, 1.54) is 0 Å². The first kappa shape index (κ1) is 98.1. The van der Waals surface area contributed by atoms with Crippen LogP contribution in [0.15, 0.2) is 0 Å². The predicted octanol–water partition coefficient (Wildman–Crippen LogP) is 0.768. The molecule has 0 rings (SSSR count). The van der Waals surface area contributed by atoms with Crippen LogP contribution in [0.2, 0.25) is 0 Å². The molecule has 0 fully saturated rings. The predicted molar refractivity (Wildman–Crippen MR) is 39.7 cm³/mol. The number of rotatable bonds is 0. The Morgan fingerprint density at radius 3 is 0.235 bits per heavy atom. The van der Waals surface area contributed by atoms with Gasteiger partial charge in [-0.05, 0) is 0 Å². The number of hydrogen-bond acceptors (Lipinski definition) is 8. The van der Waals surface area contributed by atoms with Crippen molar-refractivity contribution in [2.24, 2.45) is 0 Å². The van der Waals surface area contributed by atoms with E-state index in [4.69, 9.17) is 94.7 Å². The Labute approximate surface area is 121 Å². The summed E-state index contributed by atoms with van der Waals surface area (Å²) in [6, 6.07) is 0. The molecular weight excluding hydrogens is 299 g/mol. The minimum Gasteiger partial charge on any atom is -0.512 e. The van der Waals surface area contributed by atoms with Gasteiger partial charge in [0, 0.05) is 26.2 Å². The van der Waals surface area contributed by atoms with Crippen LogP contribution in [0.3, 0.4) is 0 Å². The maximum atomic E-state index is 6.25. The fourth-order valence-corrected chi connectivity index (χ4v) is 0. The second-order valence-corrected chi connectivity index (χ2v) is 0. The van der Waals surface area contributed by atoms with Gasteiger partial charge in [-0.25, -0.2) is 0 Å². The molecule has 0 aliphatic heterocycles. The number of hydrogen-bond donors (Lipinski definition) is 0.